The van der Waals surface area contributed by atoms with Crippen LogP contribution >= 0.6 is 0 Å². The van der Waals surface area contributed by atoms with Crippen molar-refractivity contribution in [2.75, 3.05) is 33.8 Å². The zero-order chi connectivity index (χ0) is 13.3. The lowest BCUT2D eigenvalue weighted by Crippen LogP contribution is -2.47. The highest BCUT2D eigenvalue weighted by molar-refractivity contribution is 5.82. The second-order valence-corrected chi connectivity index (χ2v) is 3.73. The SMILES string of the molecule is CNCCCN(C)C(=O)NC(CCO)C(=O)O. The third-order valence-electron chi connectivity index (χ3n) is 2.28. The highest BCUT2D eigenvalue weighted by Gasteiger charge is 2.20. The van der Waals surface area contributed by atoms with Crippen LogP contribution in [-0.4, -0.2) is 66.9 Å². The van der Waals surface area contributed by atoms with Crippen LogP contribution in [0, 0.1) is 0 Å². The smallest absolute Gasteiger partial charge is 0.326 e. The van der Waals surface area contributed by atoms with E-state index in [2.05, 4.69) is 10.6 Å². The van der Waals surface area contributed by atoms with Crippen molar-refractivity contribution >= 4 is 12.0 Å². The first-order valence-electron chi connectivity index (χ1n) is 5.52. The molecule has 0 aliphatic heterocycles. The Bertz CT molecular complexity index is 248. The zero-order valence-electron chi connectivity index (χ0n) is 10.3. The zero-order valence-corrected chi connectivity index (χ0v) is 10.3. The van der Waals surface area contributed by atoms with Gasteiger partial charge >= 0.3 is 12.0 Å². The summed E-state index contributed by atoms with van der Waals surface area (Å²) in [4.78, 5) is 23.8. The van der Waals surface area contributed by atoms with Gasteiger partial charge in [-0.15, -0.1) is 0 Å². The molecular formula is C10H21N3O4. The van der Waals surface area contributed by atoms with Crippen LogP contribution in [0.5, 0.6) is 0 Å². The molecule has 0 aromatic heterocycles. The predicted molar refractivity (Wildman–Crippen MR) is 62.8 cm³/mol. The molecule has 0 spiro atoms. The molecule has 7 nitrogen and oxygen atoms in total. The van der Waals surface area contributed by atoms with Crippen molar-refractivity contribution in [3.63, 3.8) is 0 Å². The van der Waals surface area contributed by atoms with Gasteiger partial charge in [-0.25, -0.2) is 9.59 Å². The highest BCUT2D eigenvalue weighted by atomic mass is 16.4. The number of carbonyl (C=O) groups excluding carboxylic acids is 1. The van der Waals surface area contributed by atoms with Crippen molar-refractivity contribution in [1.82, 2.24) is 15.5 Å². The van der Waals surface area contributed by atoms with E-state index in [4.69, 9.17) is 10.2 Å². The molecule has 7 heteroatoms. The van der Waals surface area contributed by atoms with Gasteiger partial charge in [-0.2, -0.15) is 0 Å². The Labute approximate surface area is 101 Å². The van der Waals surface area contributed by atoms with Crippen LogP contribution < -0.4 is 10.6 Å². The van der Waals surface area contributed by atoms with Gasteiger partial charge in [0.2, 0.25) is 0 Å². The minimum atomic E-state index is -1.14. The van der Waals surface area contributed by atoms with Gasteiger partial charge in [0.1, 0.15) is 6.04 Å². The summed E-state index contributed by atoms with van der Waals surface area (Å²) in [6.45, 7) is 1.05. The molecule has 1 unspecified atom stereocenters. The number of urea groups is 1. The summed E-state index contributed by atoms with van der Waals surface area (Å²) in [6.07, 6.45) is 0.795. The molecule has 0 radical (unpaired) electrons. The molecule has 0 aromatic rings. The normalized spacial score (nSPS) is 11.9. The lowest BCUT2D eigenvalue weighted by molar-refractivity contribution is -0.139. The molecule has 0 saturated heterocycles. The van der Waals surface area contributed by atoms with E-state index in [1.807, 2.05) is 7.05 Å². The van der Waals surface area contributed by atoms with E-state index in [1.54, 1.807) is 7.05 Å². The number of rotatable bonds is 8. The monoisotopic (exact) mass is 247 g/mol. The number of hydrogen-bond donors (Lipinski definition) is 4. The summed E-state index contributed by atoms with van der Waals surface area (Å²) in [6, 6.07) is -1.48. The van der Waals surface area contributed by atoms with E-state index in [0.717, 1.165) is 13.0 Å². The van der Waals surface area contributed by atoms with Crippen LogP contribution in [0.4, 0.5) is 4.79 Å². The van der Waals surface area contributed by atoms with Crippen LogP contribution in [0.1, 0.15) is 12.8 Å². The second kappa shape index (κ2) is 8.77. The van der Waals surface area contributed by atoms with Crippen molar-refractivity contribution in [1.29, 1.82) is 0 Å². The van der Waals surface area contributed by atoms with Crippen LogP contribution in [-0.2, 0) is 4.79 Å². The maximum atomic E-state index is 11.6. The van der Waals surface area contributed by atoms with Gasteiger partial charge in [-0.3, -0.25) is 0 Å². The first-order valence-corrected chi connectivity index (χ1v) is 5.52. The van der Waals surface area contributed by atoms with Gasteiger partial charge in [0.15, 0.2) is 0 Å². The maximum Gasteiger partial charge on any atom is 0.326 e. The summed E-state index contributed by atoms with van der Waals surface area (Å²) in [5, 5.41) is 22.8. The van der Waals surface area contributed by atoms with Crippen molar-refractivity contribution in [3.8, 4) is 0 Å². The molecule has 0 bridgehead atoms. The highest BCUT2D eigenvalue weighted by Crippen LogP contribution is 1.95. The van der Waals surface area contributed by atoms with Crippen molar-refractivity contribution in [3.05, 3.63) is 0 Å². The summed E-state index contributed by atoms with van der Waals surface area (Å²) in [7, 11) is 3.42. The van der Waals surface area contributed by atoms with E-state index in [9.17, 15) is 9.59 Å². The lowest BCUT2D eigenvalue weighted by Gasteiger charge is -2.21. The first-order chi connectivity index (χ1) is 8.02. The molecule has 0 fully saturated rings. The Hall–Kier alpha value is -1.34. The lowest BCUT2D eigenvalue weighted by atomic mass is 10.2. The maximum absolute atomic E-state index is 11.6. The van der Waals surface area contributed by atoms with Crippen LogP contribution in [0.25, 0.3) is 0 Å². The van der Waals surface area contributed by atoms with E-state index in [-0.39, 0.29) is 13.0 Å². The van der Waals surface area contributed by atoms with Crippen molar-refractivity contribution < 1.29 is 19.8 Å². The number of aliphatic hydroxyl groups excluding tert-OH is 1. The molecule has 1 atom stereocenters. The minimum absolute atomic E-state index is 0.00539. The molecule has 0 saturated carbocycles. The molecular weight excluding hydrogens is 226 g/mol. The van der Waals surface area contributed by atoms with E-state index in [0.29, 0.717) is 6.54 Å². The Balaban J connectivity index is 4.06. The third-order valence-corrected chi connectivity index (χ3v) is 2.28. The average Bonchev–Trinajstić information content (AvgIpc) is 2.28. The predicted octanol–water partition coefficient (Wildman–Crippen LogP) is -0.927. The van der Waals surface area contributed by atoms with Crippen LogP contribution in [0.3, 0.4) is 0 Å². The van der Waals surface area contributed by atoms with Crippen molar-refractivity contribution in [2.45, 2.75) is 18.9 Å². The summed E-state index contributed by atoms with van der Waals surface area (Å²) >= 11 is 0. The van der Waals surface area contributed by atoms with Gasteiger partial charge in [-0.1, -0.05) is 0 Å². The third kappa shape index (κ3) is 6.75. The van der Waals surface area contributed by atoms with E-state index in [1.165, 1.54) is 4.90 Å². The van der Waals surface area contributed by atoms with Crippen LogP contribution in [0.2, 0.25) is 0 Å². The molecule has 17 heavy (non-hydrogen) atoms. The average molecular weight is 247 g/mol. The summed E-state index contributed by atoms with van der Waals surface area (Å²) in [5.41, 5.74) is 0. The molecule has 0 heterocycles. The number of aliphatic carboxylic acids is 1. The van der Waals surface area contributed by atoms with Crippen LogP contribution in [0.15, 0.2) is 0 Å². The largest absolute Gasteiger partial charge is 0.480 e. The standard InChI is InChI=1S/C10H21N3O4/c1-11-5-3-6-13(2)10(17)12-8(4-7-14)9(15)16/h8,11,14H,3-7H2,1-2H3,(H,12,17)(H,15,16). The number of carbonyl (C=O) groups is 2. The fraction of sp³-hybridized carbons (Fsp3) is 0.800. The van der Waals surface area contributed by atoms with Gasteiger partial charge in [0.25, 0.3) is 0 Å². The molecule has 100 valence electrons. The van der Waals surface area contributed by atoms with Crippen molar-refractivity contribution in [2.24, 2.45) is 0 Å². The van der Waals surface area contributed by atoms with Gasteiger partial charge in [-0.05, 0) is 20.0 Å². The minimum Gasteiger partial charge on any atom is -0.480 e. The Morgan fingerprint density at radius 2 is 2.06 bits per heavy atom. The second-order valence-electron chi connectivity index (χ2n) is 3.73. The molecule has 0 rings (SSSR count). The molecule has 0 aliphatic carbocycles. The Kier molecular flexibility index (Phi) is 8.08. The van der Waals surface area contributed by atoms with Gasteiger partial charge in [0.05, 0.1) is 0 Å². The number of nitrogens with one attached hydrogen (secondary N) is 2. The summed E-state index contributed by atoms with van der Waals surface area (Å²) in [5.74, 6) is -1.14. The molecule has 0 aromatic carbocycles. The fourth-order valence-electron chi connectivity index (χ4n) is 1.24. The number of nitrogens with zero attached hydrogens (tertiary/aromatic N) is 1. The van der Waals surface area contributed by atoms with E-state index < -0.39 is 18.0 Å². The Morgan fingerprint density at radius 3 is 2.53 bits per heavy atom. The van der Waals surface area contributed by atoms with Gasteiger partial charge < -0.3 is 25.7 Å². The molecule has 2 amide bonds. The molecule has 4 N–H and O–H groups in total. The number of carboxylic acid groups (broad SMARTS) is 1. The topological polar surface area (TPSA) is 102 Å². The summed E-state index contributed by atoms with van der Waals surface area (Å²) < 4.78 is 0. The van der Waals surface area contributed by atoms with E-state index >= 15 is 0 Å². The number of amides is 2. The molecule has 0 aliphatic rings. The first kappa shape index (κ1) is 15.7. The van der Waals surface area contributed by atoms with Gasteiger partial charge in [0, 0.05) is 26.6 Å². The fourth-order valence-corrected chi connectivity index (χ4v) is 1.24. The number of carboxylic acids is 1. The number of hydrogen-bond acceptors (Lipinski definition) is 4. The number of aliphatic hydroxyl groups is 1. The quantitative estimate of drug-likeness (QED) is 0.415. The Morgan fingerprint density at radius 1 is 1.41 bits per heavy atom.